The minimum absolute atomic E-state index is 0.00113. The maximum atomic E-state index is 12.9. The summed E-state index contributed by atoms with van der Waals surface area (Å²) in [6.07, 6.45) is 12.7. The van der Waals surface area contributed by atoms with Crippen molar-refractivity contribution in [3.05, 3.63) is 42.9 Å². The van der Waals surface area contributed by atoms with Crippen molar-refractivity contribution in [2.75, 3.05) is 18.6 Å². The smallest absolute Gasteiger partial charge is 0.410 e. The Kier molecular flexibility index (Phi) is 7.07. The van der Waals surface area contributed by atoms with Crippen LogP contribution in [0.3, 0.4) is 0 Å². The number of aromatic nitrogens is 6. The van der Waals surface area contributed by atoms with Gasteiger partial charge in [-0.15, -0.1) is 10.2 Å². The molecular weight excluding hydrogens is 544 g/mol. The van der Waals surface area contributed by atoms with E-state index in [1.54, 1.807) is 0 Å². The SMILES string of the molecule is CN(c1ccc(-c2ccc(-c3cnn(C4CCCCO4)c3)c3cn[nH]c23)nn1)C1C[C@H]2CC[C@@H](C1)N2C(=O)OC(C)(C)C. The van der Waals surface area contributed by atoms with Crippen LogP contribution in [0.25, 0.3) is 33.3 Å². The van der Waals surface area contributed by atoms with Crippen LogP contribution in [0.2, 0.25) is 0 Å². The standard InChI is InChI=1S/C32H40N8O3/c1-32(2,3)43-31(41)40-21-8-9-22(40)16-23(15-21)38(4)28-13-12-27(35-36-28)25-11-10-24(26-18-33-37-30(25)26)20-17-34-39(19-20)29-7-5-6-14-42-29/h10-13,17-19,21-23,29H,5-9,14-16H2,1-4H3,(H,33,37)/t21-,22+,23?,29?. The molecule has 11 heteroatoms. The van der Waals surface area contributed by atoms with Crippen LogP contribution in [0.5, 0.6) is 0 Å². The summed E-state index contributed by atoms with van der Waals surface area (Å²) in [5.74, 6) is 0.827. The second-order valence-corrected chi connectivity index (χ2v) is 13.1. The summed E-state index contributed by atoms with van der Waals surface area (Å²) in [6, 6.07) is 8.92. The van der Waals surface area contributed by atoms with Crippen LogP contribution < -0.4 is 4.90 Å². The van der Waals surface area contributed by atoms with Crippen LogP contribution >= 0.6 is 0 Å². The Morgan fingerprint density at radius 3 is 2.51 bits per heavy atom. The molecule has 4 aromatic rings. The van der Waals surface area contributed by atoms with Gasteiger partial charge in [-0.3, -0.25) is 5.10 Å². The summed E-state index contributed by atoms with van der Waals surface area (Å²) in [5.41, 5.74) is 4.25. The number of carbonyl (C=O) groups is 1. The molecule has 0 radical (unpaired) electrons. The number of aromatic amines is 1. The summed E-state index contributed by atoms with van der Waals surface area (Å²) in [5, 5.41) is 22.4. The lowest BCUT2D eigenvalue weighted by atomic mass is 9.96. The van der Waals surface area contributed by atoms with Crippen molar-refractivity contribution in [3.63, 3.8) is 0 Å². The molecule has 2 bridgehead atoms. The van der Waals surface area contributed by atoms with Crippen LogP contribution in [0.1, 0.15) is 71.9 Å². The summed E-state index contributed by atoms with van der Waals surface area (Å²) in [4.78, 5) is 17.1. The number of piperidine rings is 1. The molecule has 2 unspecified atom stereocenters. The molecule has 3 aromatic heterocycles. The second-order valence-electron chi connectivity index (χ2n) is 13.1. The maximum Gasteiger partial charge on any atom is 0.410 e. The van der Waals surface area contributed by atoms with Crippen LogP contribution in [0, 0.1) is 0 Å². The van der Waals surface area contributed by atoms with E-state index in [0.717, 1.165) is 90.7 Å². The number of hydrogen-bond donors (Lipinski definition) is 1. The third kappa shape index (κ3) is 5.35. The highest BCUT2D eigenvalue weighted by atomic mass is 16.6. The van der Waals surface area contributed by atoms with E-state index < -0.39 is 5.60 Å². The van der Waals surface area contributed by atoms with E-state index in [1.165, 1.54) is 0 Å². The van der Waals surface area contributed by atoms with Crippen molar-refractivity contribution >= 4 is 22.8 Å². The average Bonchev–Trinajstić information content (AvgIpc) is 3.74. The Morgan fingerprint density at radius 2 is 1.81 bits per heavy atom. The van der Waals surface area contributed by atoms with Gasteiger partial charge < -0.3 is 19.3 Å². The van der Waals surface area contributed by atoms with Gasteiger partial charge in [-0.05, 0) is 89.5 Å². The molecule has 1 aromatic carbocycles. The van der Waals surface area contributed by atoms with Gasteiger partial charge in [0.2, 0.25) is 0 Å². The fourth-order valence-electron chi connectivity index (χ4n) is 6.99. The Morgan fingerprint density at radius 1 is 1.02 bits per heavy atom. The Labute approximate surface area is 251 Å². The number of fused-ring (bicyclic) bond motifs is 3. The molecule has 4 atom stereocenters. The molecule has 43 heavy (non-hydrogen) atoms. The fraction of sp³-hybridized carbons (Fsp3) is 0.531. The lowest BCUT2D eigenvalue weighted by Gasteiger charge is -2.42. The van der Waals surface area contributed by atoms with Crippen LogP contribution in [0.15, 0.2) is 42.9 Å². The minimum Gasteiger partial charge on any atom is -0.444 e. The summed E-state index contributed by atoms with van der Waals surface area (Å²) in [6.45, 7) is 6.55. The van der Waals surface area contributed by atoms with Crippen LogP contribution in [-0.4, -0.2) is 78.5 Å². The van der Waals surface area contributed by atoms with Gasteiger partial charge in [-0.25, -0.2) is 9.48 Å². The molecule has 0 aliphatic carbocycles. The zero-order valence-electron chi connectivity index (χ0n) is 25.4. The monoisotopic (exact) mass is 584 g/mol. The van der Waals surface area contributed by atoms with E-state index in [0.29, 0.717) is 0 Å². The Bertz CT molecular complexity index is 1590. The average molecular weight is 585 g/mol. The molecular formula is C32H40N8O3. The molecule has 3 aliphatic heterocycles. The number of benzene rings is 1. The number of H-pyrrole nitrogens is 1. The number of nitrogens with one attached hydrogen (secondary N) is 1. The van der Waals surface area contributed by atoms with Gasteiger partial charge in [0.1, 0.15) is 11.8 Å². The van der Waals surface area contributed by atoms with Crippen LogP contribution in [-0.2, 0) is 9.47 Å². The number of amides is 1. The number of ether oxygens (including phenoxy) is 2. The largest absolute Gasteiger partial charge is 0.444 e. The van der Waals surface area contributed by atoms with Crippen molar-refractivity contribution in [2.45, 2.75) is 95.7 Å². The lowest BCUT2D eigenvalue weighted by Crippen LogP contribution is -2.53. The van der Waals surface area contributed by atoms with E-state index in [-0.39, 0.29) is 30.4 Å². The first-order chi connectivity index (χ1) is 20.7. The molecule has 3 aliphatic rings. The van der Waals surface area contributed by atoms with E-state index in [4.69, 9.17) is 9.47 Å². The molecule has 0 saturated carbocycles. The predicted molar refractivity (Wildman–Crippen MR) is 163 cm³/mol. The van der Waals surface area contributed by atoms with Gasteiger partial charge in [0.05, 0.1) is 23.6 Å². The van der Waals surface area contributed by atoms with Gasteiger partial charge in [0.25, 0.3) is 0 Å². The zero-order valence-corrected chi connectivity index (χ0v) is 25.4. The van der Waals surface area contributed by atoms with Gasteiger partial charge in [0, 0.05) is 54.5 Å². The zero-order chi connectivity index (χ0) is 29.7. The van der Waals surface area contributed by atoms with Crippen LogP contribution in [0.4, 0.5) is 10.6 Å². The third-order valence-electron chi connectivity index (χ3n) is 9.13. The summed E-state index contributed by atoms with van der Waals surface area (Å²) < 4.78 is 13.6. The molecule has 1 amide bonds. The molecule has 7 rings (SSSR count). The molecule has 1 N–H and O–H groups in total. The predicted octanol–water partition coefficient (Wildman–Crippen LogP) is 5.95. The Balaban J connectivity index is 1.07. The first kappa shape index (κ1) is 27.8. The first-order valence-corrected chi connectivity index (χ1v) is 15.5. The number of anilines is 1. The van der Waals surface area contributed by atoms with Gasteiger partial charge in [-0.1, -0.05) is 6.07 Å². The van der Waals surface area contributed by atoms with Crippen molar-refractivity contribution < 1.29 is 14.3 Å². The maximum absolute atomic E-state index is 12.9. The van der Waals surface area contributed by atoms with Crippen molar-refractivity contribution in [1.82, 2.24) is 35.1 Å². The van der Waals surface area contributed by atoms with E-state index in [2.05, 4.69) is 55.8 Å². The first-order valence-electron chi connectivity index (χ1n) is 15.5. The lowest BCUT2D eigenvalue weighted by molar-refractivity contribution is -0.0394. The third-order valence-corrected chi connectivity index (χ3v) is 9.13. The van der Waals surface area contributed by atoms with Crippen molar-refractivity contribution in [1.29, 1.82) is 0 Å². The van der Waals surface area contributed by atoms with Crippen molar-refractivity contribution in [3.8, 4) is 22.4 Å². The topological polar surface area (TPSA) is 114 Å². The molecule has 6 heterocycles. The number of carbonyl (C=O) groups excluding carboxylic acids is 1. The molecule has 3 fully saturated rings. The van der Waals surface area contributed by atoms with Crippen molar-refractivity contribution in [2.24, 2.45) is 0 Å². The summed E-state index contributed by atoms with van der Waals surface area (Å²) in [7, 11) is 2.08. The van der Waals surface area contributed by atoms with E-state index in [1.807, 2.05) is 54.9 Å². The number of hydrogen-bond acceptors (Lipinski definition) is 8. The molecule has 0 spiro atoms. The second kappa shape index (κ2) is 10.9. The molecule has 11 nitrogen and oxygen atoms in total. The summed E-state index contributed by atoms with van der Waals surface area (Å²) >= 11 is 0. The molecule has 226 valence electrons. The highest BCUT2D eigenvalue weighted by molar-refractivity contribution is 6.01. The Hall–Kier alpha value is -3.99. The van der Waals surface area contributed by atoms with Gasteiger partial charge in [0.15, 0.2) is 5.82 Å². The van der Waals surface area contributed by atoms with E-state index >= 15 is 0 Å². The number of nitrogens with zero attached hydrogens (tertiary/aromatic N) is 7. The highest BCUT2D eigenvalue weighted by Gasteiger charge is 2.46. The van der Waals surface area contributed by atoms with E-state index in [9.17, 15) is 4.79 Å². The molecule has 3 saturated heterocycles. The van der Waals surface area contributed by atoms with Gasteiger partial charge in [-0.2, -0.15) is 10.2 Å². The van der Waals surface area contributed by atoms with Gasteiger partial charge >= 0.3 is 6.09 Å². The quantitative estimate of drug-likeness (QED) is 0.306. The minimum atomic E-state index is -0.489. The highest BCUT2D eigenvalue weighted by Crippen LogP contribution is 2.39. The normalized spacial score (nSPS) is 24.0. The number of rotatable bonds is 5. The fourth-order valence-corrected chi connectivity index (χ4v) is 6.99.